The summed E-state index contributed by atoms with van der Waals surface area (Å²) < 4.78 is 1.49. The lowest BCUT2D eigenvalue weighted by molar-refractivity contribution is 0.363. The Balaban J connectivity index is 2.64. The quantitative estimate of drug-likeness (QED) is 0.582. The van der Waals surface area contributed by atoms with Crippen LogP contribution < -0.4 is 0 Å². The third kappa shape index (κ3) is 2.31. The molecule has 1 aromatic rings. The van der Waals surface area contributed by atoms with Crippen molar-refractivity contribution in [3.8, 4) is 11.8 Å². The van der Waals surface area contributed by atoms with Crippen molar-refractivity contribution in [1.82, 2.24) is 4.57 Å². The first-order valence-corrected chi connectivity index (χ1v) is 4.84. The summed E-state index contributed by atoms with van der Waals surface area (Å²) in [7, 11) is 0. The molecule has 0 atom stereocenters. The summed E-state index contributed by atoms with van der Waals surface area (Å²) in [5.74, 6) is 0.874. The standard InChI is InChI=1S/C9H14ClNO2/c1-7-6-8(12)11(9(7)13)5-3-2-4-10/h6,12-13H,2-5H2,1H3. The molecule has 0 aliphatic heterocycles. The van der Waals surface area contributed by atoms with Crippen LogP contribution in [0, 0.1) is 6.92 Å². The SMILES string of the molecule is Cc1cc(O)n(CCCCCl)c1O. The number of aryl methyl sites for hydroxylation is 1. The lowest BCUT2D eigenvalue weighted by Gasteiger charge is -2.05. The first-order chi connectivity index (χ1) is 6.16. The molecule has 3 nitrogen and oxygen atoms in total. The van der Waals surface area contributed by atoms with Crippen LogP contribution in [0.5, 0.6) is 11.8 Å². The number of aromatic hydroxyl groups is 2. The third-order valence-corrected chi connectivity index (χ3v) is 2.26. The summed E-state index contributed by atoms with van der Waals surface area (Å²) in [5.41, 5.74) is 0.698. The molecular formula is C9H14ClNO2. The molecule has 0 bridgehead atoms. The van der Waals surface area contributed by atoms with E-state index in [1.807, 2.05) is 0 Å². The minimum absolute atomic E-state index is 0.115. The molecule has 0 unspecified atom stereocenters. The Morgan fingerprint density at radius 1 is 1.38 bits per heavy atom. The molecule has 74 valence electrons. The summed E-state index contributed by atoms with van der Waals surface area (Å²) in [6, 6.07) is 1.55. The Hall–Kier alpha value is -0.830. The Morgan fingerprint density at radius 3 is 2.54 bits per heavy atom. The maximum Gasteiger partial charge on any atom is 0.196 e. The average Bonchev–Trinajstić information content (AvgIpc) is 2.32. The highest BCUT2D eigenvalue weighted by atomic mass is 35.5. The van der Waals surface area contributed by atoms with E-state index >= 15 is 0 Å². The van der Waals surface area contributed by atoms with E-state index in [0.717, 1.165) is 12.8 Å². The number of hydrogen-bond donors (Lipinski definition) is 2. The molecule has 0 spiro atoms. The van der Waals surface area contributed by atoms with Crippen molar-refractivity contribution in [2.75, 3.05) is 5.88 Å². The predicted molar refractivity (Wildman–Crippen MR) is 52.5 cm³/mol. The monoisotopic (exact) mass is 203 g/mol. The van der Waals surface area contributed by atoms with Gasteiger partial charge in [-0.15, -0.1) is 11.6 Å². The van der Waals surface area contributed by atoms with E-state index < -0.39 is 0 Å². The van der Waals surface area contributed by atoms with Crippen molar-refractivity contribution in [1.29, 1.82) is 0 Å². The van der Waals surface area contributed by atoms with Gasteiger partial charge in [0.05, 0.1) is 0 Å². The first-order valence-electron chi connectivity index (χ1n) is 4.31. The Bertz CT molecular complexity index is 283. The van der Waals surface area contributed by atoms with Crippen LogP contribution in [0.1, 0.15) is 18.4 Å². The van der Waals surface area contributed by atoms with Gasteiger partial charge in [-0.2, -0.15) is 0 Å². The van der Waals surface area contributed by atoms with Crippen molar-refractivity contribution < 1.29 is 10.2 Å². The second kappa shape index (κ2) is 4.42. The topological polar surface area (TPSA) is 45.4 Å². The van der Waals surface area contributed by atoms with E-state index in [0.29, 0.717) is 18.0 Å². The van der Waals surface area contributed by atoms with Gasteiger partial charge in [0.2, 0.25) is 0 Å². The Kier molecular flexibility index (Phi) is 3.48. The summed E-state index contributed by atoms with van der Waals surface area (Å²) in [5, 5.41) is 18.9. The number of alkyl halides is 1. The lowest BCUT2D eigenvalue weighted by atomic mass is 10.3. The van der Waals surface area contributed by atoms with Gasteiger partial charge in [-0.1, -0.05) is 0 Å². The predicted octanol–water partition coefficient (Wildman–Crippen LogP) is 2.23. The van der Waals surface area contributed by atoms with Crippen LogP contribution in [0.4, 0.5) is 0 Å². The van der Waals surface area contributed by atoms with Gasteiger partial charge in [-0.3, -0.25) is 4.57 Å². The first kappa shape index (κ1) is 10.3. The number of halogens is 1. The Labute approximate surface area is 82.6 Å². The van der Waals surface area contributed by atoms with Gasteiger partial charge >= 0.3 is 0 Å². The second-order valence-electron chi connectivity index (χ2n) is 3.06. The molecule has 13 heavy (non-hydrogen) atoms. The van der Waals surface area contributed by atoms with E-state index in [1.165, 1.54) is 4.57 Å². The molecule has 0 saturated heterocycles. The number of rotatable bonds is 4. The molecular weight excluding hydrogens is 190 g/mol. The molecule has 0 aliphatic rings. The van der Waals surface area contributed by atoms with Crippen molar-refractivity contribution in [3.63, 3.8) is 0 Å². The van der Waals surface area contributed by atoms with E-state index in [4.69, 9.17) is 11.6 Å². The van der Waals surface area contributed by atoms with Crippen LogP contribution in [-0.2, 0) is 6.54 Å². The number of unbranched alkanes of at least 4 members (excludes halogenated alkanes) is 1. The fourth-order valence-corrected chi connectivity index (χ4v) is 1.43. The fourth-order valence-electron chi connectivity index (χ4n) is 1.24. The molecule has 4 heteroatoms. The zero-order valence-electron chi connectivity index (χ0n) is 7.63. The maximum atomic E-state index is 9.49. The molecule has 0 aliphatic carbocycles. The summed E-state index contributed by atoms with van der Waals surface area (Å²) in [6.07, 6.45) is 1.75. The van der Waals surface area contributed by atoms with Gasteiger partial charge in [0.15, 0.2) is 11.8 Å². The van der Waals surface area contributed by atoms with E-state index in [2.05, 4.69) is 0 Å². The summed E-state index contributed by atoms with van der Waals surface area (Å²) in [4.78, 5) is 0. The van der Waals surface area contributed by atoms with Gasteiger partial charge in [-0.25, -0.2) is 0 Å². The smallest absolute Gasteiger partial charge is 0.196 e. The molecule has 0 amide bonds. The van der Waals surface area contributed by atoms with E-state index in [1.54, 1.807) is 13.0 Å². The minimum Gasteiger partial charge on any atom is -0.494 e. The number of hydrogen-bond acceptors (Lipinski definition) is 2. The number of nitrogens with zero attached hydrogens (tertiary/aromatic N) is 1. The maximum absolute atomic E-state index is 9.49. The van der Waals surface area contributed by atoms with Gasteiger partial charge in [0.1, 0.15) is 0 Å². The van der Waals surface area contributed by atoms with Crippen molar-refractivity contribution in [3.05, 3.63) is 11.6 Å². The van der Waals surface area contributed by atoms with Gasteiger partial charge in [-0.05, 0) is 19.8 Å². The highest BCUT2D eigenvalue weighted by Crippen LogP contribution is 2.26. The van der Waals surface area contributed by atoms with Gasteiger partial charge in [0.25, 0.3) is 0 Å². The second-order valence-corrected chi connectivity index (χ2v) is 3.43. The van der Waals surface area contributed by atoms with Crippen LogP contribution in [-0.4, -0.2) is 20.7 Å². The lowest BCUT2D eigenvalue weighted by Crippen LogP contribution is -1.96. The summed E-state index contributed by atoms with van der Waals surface area (Å²) in [6.45, 7) is 2.37. The largest absolute Gasteiger partial charge is 0.494 e. The molecule has 1 heterocycles. The Morgan fingerprint density at radius 2 is 2.08 bits per heavy atom. The fraction of sp³-hybridized carbons (Fsp3) is 0.556. The van der Waals surface area contributed by atoms with Crippen molar-refractivity contribution in [2.24, 2.45) is 0 Å². The van der Waals surface area contributed by atoms with Crippen LogP contribution >= 0.6 is 11.6 Å². The van der Waals surface area contributed by atoms with Crippen molar-refractivity contribution in [2.45, 2.75) is 26.3 Å². The van der Waals surface area contributed by atoms with Crippen molar-refractivity contribution >= 4 is 11.6 Å². The molecule has 1 rings (SSSR count). The molecule has 0 fully saturated rings. The van der Waals surface area contributed by atoms with E-state index in [9.17, 15) is 10.2 Å². The highest BCUT2D eigenvalue weighted by molar-refractivity contribution is 6.17. The minimum atomic E-state index is 0.115. The number of aromatic nitrogens is 1. The average molecular weight is 204 g/mol. The van der Waals surface area contributed by atoms with Gasteiger partial charge < -0.3 is 10.2 Å². The zero-order valence-corrected chi connectivity index (χ0v) is 8.38. The molecule has 0 aromatic carbocycles. The third-order valence-electron chi connectivity index (χ3n) is 2.00. The summed E-state index contributed by atoms with van der Waals surface area (Å²) >= 11 is 5.52. The van der Waals surface area contributed by atoms with Crippen LogP contribution in [0.25, 0.3) is 0 Å². The molecule has 1 aromatic heterocycles. The van der Waals surface area contributed by atoms with Crippen LogP contribution in [0.2, 0.25) is 0 Å². The molecule has 0 radical (unpaired) electrons. The normalized spacial score (nSPS) is 10.6. The van der Waals surface area contributed by atoms with E-state index in [-0.39, 0.29) is 11.8 Å². The van der Waals surface area contributed by atoms with Crippen LogP contribution in [0.15, 0.2) is 6.07 Å². The van der Waals surface area contributed by atoms with Gasteiger partial charge in [0, 0.05) is 24.1 Å². The highest BCUT2D eigenvalue weighted by Gasteiger charge is 2.09. The zero-order chi connectivity index (χ0) is 9.84. The van der Waals surface area contributed by atoms with Crippen LogP contribution in [0.3, 0.4) is 0 Å². The molecule has 2 N–H and O–H groups in total. The molecule has 0 saturated carbocycles.